The van der Waals surface area contributed by atoms with Gasteiger partial charge in [0.15, 0.2) is 6.61 Å². The number of carbonyl (C=O) groups excluding carboxylic acids is 2. The molecule has 0 aliphatic carbocycles. The smallest absolute Gasteiger partial charge is 0.348 e. The Hall–Kier alpha value is -3.12. The van der Waals surface area contributed by atoms with Crippen molar-refractivity contribution in [3.05, 3.63) is 70.1 Å². The van der Waals surface area contributed by atoms with Gasteiger partial charge in [-0.05, 0) is 43.2 Å². The summed E-state index contributed by atoms with van der Waals surface area (Å²) in [6.45, 7) is 3.93. The van der Waals surface area contributed by atoms with Crippen molar-refractivity contribution in [2.75, 3.05) is 11.9 Å². The number of hydrogen-bond acceptors (Lipinski definition) is 5. The molecule has 0 atom stereocenters. The molecule has 6 heteroatoms. The Morgan fingerprint density at radius 3 is 2.64 bits per heavy atom. The third-order valence-electron chi connectivity index (χ3n) is 4.60. The monoisotopic (exact) mass is 393 g/mol. The molecule has 1 aliphatic rings. The van der Waals surface area contributed by atoms with E-state index in [9.17, 15) is 9.59 Å². The van der Waals surface area contributed by atoms with Crippen molar-refractivity contribution in [3.63, 3.8) is 0 Å². The molecule has 1 aliphatic heterocycles. The molecule has 0 saturated heterocycles. The molecule has 142 valence electrons. The van der Waals surface area contributed by atoms with Crippen LogP contribution >= 0.6 is 11.3 Å². The number of anilines is 1. The van der Waals surface area contributed by atoms with E-state index in [4.69, 9.17) is 9.47 Å². The zero-order chi connectivity index (χ0) is 19.7. The van der Waals surface area contributed by atoms with Crippen LogP contribution < -0.4 is 10.1 Å². The van der Waals surface area contributed by atoms with Gasteiger partial charge in [0.25, 0.3) is 5.91 Å². The number of aryl methyl sites for hydroxylation is 2. The van der Waals surface area contributed by atoms with E-state index in [-0.39, 0.29) is 12.5 Å². The topological polar surface area (TPSA) is 64.6 Å². The zero-order valence-corrected chi connectivity index (χ0v) is 16.4. The first-order valence-electron chi connectivity index (χ1n) is 8.91. The lowest BCUT2D eigenvalue weighted by Gasteiger charge is -2.16. The molecule has 0 fully saturated rings. The Labute approximate surface area is 166 Å². The Bertz CT molecular complexity index is 1050. The van der Waals surface area contributed by atoms with Crippen molar-refractivity contribution >= 4 is 28.9 Å². The van der Waals surface area contributed by atoms with Gasteiger partial charge in [0, 0.05) is 21.7 Å². The SMILES string of the molecule is Cc1cccc(C)c1NC(=O)COC(=O)c1cc2c(s1)-c1ccccc1OC2. The van der Waals surface area contributed by atoms with Gasteiger partial charge in [0.1, 0.15) is 17.2 Å². The van der Waals surface area contributed by atoms with E-state index in [1.165, 1.54) is 11.3 Å². The number of fused-ring (bicyclic) bond motifs is 3. The summed E-state index contributed by atoms with van der Waals surface area (Å²) >= 11 is 1.36. The quantitative estimate of drug-likeness (QED) is 0.652. The van der Waals surface area contributed by atoms with Gasteiger partial charge >= 0.3 is 5.97 Å². The second-order valence-electron chi connectivity index (χ2n) is 6.64. The van der Waals surface area contributed by atoms with Gasteiger partial charge in [-0.2, -0.15) is 0 Å². The van der Waals surface area contributed by atoms with Gasteiger partial charge in [0.2, 0.25) is 0 Å². The molecule has 5 nitrogen and oxygen atoms in total. The van der Waals surface area contributed by atoms with E-state index in [1.807, 2.05) is 56.3 Å². The molecule has 0 spiro atoms. The summed E-state index contributed by atoms with van der Waals surface area (Å²) in [5, 5.41) is 2.81. The largest absolute Gasteiger partial charge is 0.488 e. The second-order valence-corrected chi connectivity index (χ2v) is 7.69. The fraction of sp³-hybridized carbons (Fsp3) is 0.182. The molecule has 1 N–H and O–H groups in total. The fourth-order valence-electron chi connectivity index (χ4n) is 3.19. The highest BCUT2D eigenvalue weighted by molar-refractivity contribution is 7.17. The van der Waals surface area contributed by atoms with Crippen LogP contribution in [0.1, 0.15) is 26.4 Å². The van der Waals surface area contributed by atoms with Crippen molar-refractivity contribution in [1.29, 1.82) is 0 Å². The van der Waals surface area contributed by atoms with Crippen LogP contribution in [0, 0.1) is 13.8 Å². The summed E-state index contributed by atoms with van der Waals surface area (Å²) in [4.78, 5) is 26.1. The van der Waals surface area contributed by atoms with Gasteiger partial charge in [-0.15, -0.1) is 11.3 Å². The van der Waals surface area contributed by atoms with Crippen molar-refractivity contribution in [1.82, 2.24) is 0 Å². The van der Waals surface area contributed by atoms with E-state index in [0.717, 1.165) is 38.6 Å². The van der Waals surface area contributed by atoms with Crippen LogP contribution in [0.2, 0.25) is 0 Å². The summed E-state index contributed by atoms with van der Waals surface area (Å²) in [6, 6.07) is 15.3. The predicted molar refractivity (Wildman–Crippen MR) is 109 cm³/mol. The number of nitrogens with one attached hydrogen (secondary N) is 1. The molecule has 0 unspecified atom stereocenters. The zero-order valence-electron chi connectivity index (χ0n) is 15.6. The third-order valence-corrected chi connectivity index (χ3v) is 5.80. The molecular weight excluding hydrogens is 374 g/mol. The van der Waals surface area contributed by atoms with E-state index in [2.05, 4.69) is 5.32 Å². The number of carbonyl (C=O) groups is 2. The van der Waals surface area contributed by atoms with Gasteiger partial charge in [0.05, 0.1) is 0 Å². The number of esters is 1. The summed E-state index contributed by atoms with van der Waals surface area (Å²) < 4.78 is 10.9. The van der Waals surface area contributed by atoms with Gasteiger partial charge < -0.3 is 14.8 Å². The number of rotatable bonds is 4. The van der Waals surface area contributed by atoms with Crippen LogP contribution in [0.5, 0.6) is 5.75 Å². The van der Waals surface area contributed by atoms with Crippen LogP contribution in [0.3, 0.4) is 0 Å². The summed E-state index contributed by atoms with van der Waals surface area (Å²) in [7, 11) is 0. The Kier molecular flexibility index (Phi) is 4.88. The highest BCUT2D eigenvalue weighted by Crippen LogP contribution is 2.42. The number of amides is 1. The van der Waals surface area contributed by atoms with Crippen molar-refractivity contribution in [3.8, 4) is 16.2 Å². The summed E-state index contributed by atoms with van der Waals surface area (Å²) in [6.07, 6.45) is 0. The Balaban J connectivity index is 1.43. The minimum atomic E-state index is -0.506. The molecule has 28 heavy (non-hydrogen) atoms. The molecule has 1 amide bonds. The molecule has 0 saturated carbocycles. The average molecular weight is 393 g/mol. The molecule has 0 radical (unpaired) electrons. The van der Waals surface area contributed by atoms with Crippen LogP contribution in [0.25, 0.3) is 10.4 Å². The third kappa shape index (κ3) is 3.51. The predicted octanol–water partition coefficient (Wildman–Crippen LogP) is 4.72. The number of ether oxygens (including phenoxy) is 2. The second kappa shape index (κ2) is 7.48. The maximum Gasteiger partial charge on any atom is 0.348 e. The van der Waals surface area contributed by atoms with E-state index < -0.39 is 5.97 Å². The molecule has 4 rings (SSSR count). The molecular formula is C22H19NO4S. The van der Waals surface area contributed by atoms with Crippen LogP contribution in [0.15, 0.2) is 48.5 Å². The lowest BCUT2D eigenvalue weighted by molar-refractivity contribution is -0.119. The van der Waals surface area contributed by atoms with E-state index in [1.54, 1.807) is 6.07 Å². The maximum atomic E-state index is 12.4. The minimum Gasteiger partial charge on any atom is -0.488 e. The van der Waals surface area contributed by atoms with Crippen LogP contribution in [-0.4, -0.2) is 18.5 Å². The fourth-order valence-corrected chi connectivity index (χ4v) is 4.28. The van der Waals surface area contributed by atoms with E-state index in [0.29, 0.717) is 11.5 Å². The number of hydrogen-bond donors (Lipinski definition) is 1. The lowest BCUT2D eigenvalue weighted by Crippen LogP contribution is -2.21. The van der Waals surface area contributed by atoms with Crippen LogP contribution in [-0.2, 0) is 16.1 Å². The highest BCUT2D eigenvalue weighted by Gasteiger charge is 2.23. The average Bonchev–Trinajstić information content (AvgIpc) is 3.14. The molecule has 0 bridgehead atoms. The van der Waals surface area contributed by atoms with Crippen molar-refractivity contribution in [2.24, 2.45) is 0 Å². The first-order chi connectivity index (χ1) is 13.5. The number of para-hydroxylation sites is 2. The van der Waals surface area contributed by atoms with Crippen molar-refractivity contribution < 1.29 is 19.1 Å². The lowest BCUT2D eigenvalue weighted by atomic mass is 10.1. The van der Waals surface area contributed by atoms with Crippen LogP contribution in [0.4, 0.5) is 5.69 Å². The number of benzene rings is 2. The molecule has 2 heterocycles. The van der Waals surface area contributed by atoms with Gasteiger partial charge in [-0.1, -0.05) is 30.3 Å². The maximum absolute atomic E-state index is 12.4. The van der Waals surface area contributed by atoms with Gasteiger partial charge in [-0.3, -0.25) is 4.79 Å². The molecule has 3 aromatic rings. The first-order valence-corrected chi connectivity index (χ1v) is 9.72. The number of thiophene rings is 1. The summed E-state index contributed by atoms with van der Waals surface area (Å²) in [5.41, 5.74) is 4.61. The van der Waals surface area contributed by atoms with E-state index >= 15 is 0 Å². The van der Waals surface area contributed by atoms with Crippen molar-refractivity contribution in [2.45, 2.75) is 20.5 Å². The normalized spacial score (nSPS) is 11.8. The standard InChI is InChI=1S/C22H19NO4S/c1-13-6-5-7-14(2)20(13)23-19(24)12-27-22(25)18-10-15-11-26-17-9-4-3-8-16(17)21(15)28-18/h3-10H,11-12H2,1-2H3,(H,23,24). The summed E-state index contributed by atoms with van der Waals surface area (Å²) in [5.74, 6) is -0.0565. The Morgan fingerprint density at radius 1 is 1.11 bits per heavy atom. The minimum absolute atomic E-state index is 0.331. The molecule has 2 aromatic carbocycles. The van der Waals surface area contributed by atoms with Gasteiger partial charge in [-0.25, -0.2) is 4.79 Å². The molecule has 1 aromatic heterocycles. The highest BCUT2D eigenvalue weighted by atomic mass is 32.1. The first kappa shape index (κ1) is 18.3. The Morgan fingerprint density at radius 2 is 1.86 bits per heavy atom.